The highest BCUT2D eigenvalue weighted by Gasteiger charge is 2.44. The van der Waals surface area contributed by atoms with Crippen LogP contribution in [0.25, 0.3) is 69.6 Å². The highest BCUT2D eigenvalue weighted by Crippen LogP contribution is 2.49. The quantitative estimate of drug-likeness (QED) is 0.156. The molecule has 52 heavy (non-hydrogen) atoms. The van der Waals surface area contributed by atoms with Crippen molar-refractivity contribution in [3.63, 3.8) is 0 Å². The predicted molar refractivity (Wildman–Crippen MR) is 228 cm³/mol. The van der Waals surface area contributed by atoms with Crippen LogP contribution in [0.15, 0.2) is 127 Å². The normalized spacial score (nSPS) is 13.9. The SMILES string of the molecule is CC(C)(C)c1ccc(N2B3c4cc(C(C)(C)C)ccc4-n4c5cc6c(cc5c5ccc(c3c54)-c3c2ccc2ccccc32)sc2ccccc26)cc1. The summed E-state index contributed by atoms with van der Waals surface area (Å²) in [6, 6.07) is 49.0. The Morgan fingerprint density at radius 2 is 1.25 bits per heavy atom. The van der Waals surface area contributed by atoms with E-state index in [2.05, 4.69) is 178 Å². The van der Waals surface area contributed by atoms with Crippen molar-refractivity contribution < 1.29 is 0 Å². The lowest BCUT2D eigenvalue weighted by atomic mass is 9.43. The Bertz CT molecular complexity index is 2990. The topological polar surface area (TPSA) is 8.17 Å². The van der Waals surface area contributed by atoms with Crippen LogP contribution in [-0.2, 0) is 10.8 Å². The number of hydrogen-bond donors (Lipinski definition) is 0. The van der Waals surface area contributed by atoms with Crippen LogP contribution in [0.5, 0.6) is 0 Å². The van der Waals surface area contributed by atoms with Crippen molar-refractivity contribution in [2.75, 3.05) is 4.81 Å². The monoisotopic (exact) mass is 686 g/mol. The van der Waals surface area contributed by atoms with Crippen LogP contribution < -0.4 is 15.7 Å². The van der Waals surface area contributed by atoms with Crippen LogP contribution >= 0.6 is 11.3 Å². The van der Waals surface area contributed by atoms with E-state index in [1.807, 2.05) is 11.3 Å². The number of fused-ring (bicyclic) bond motifs is 13. The lowest BCUT2D eigenvalue weighted by molar-refractivity contribution is 0.590. The second-order valence-electron chi connectivity index (χ2n) is 17.0. The minimum absolute atomic E-state index is 0.00362. The van der Waals surface area contributed by atoms with Gasteiger partial charge in [0, 0.05) is 53.6 Å². The molecule has 0 spiro atoms. The smallest absolute Gasteiger partial charge is 0.333 e. The molecule has 2 nitrogen and oxygen atoms in total. The van der Waals surface area contributed by atoms with E-state index < -0.39 is 0 Å². The molecule has 2 aliphatic rings. The summed E-state index contributed by atoms with van der Waals surface area (Å²) in [6.45, 7) is 13.9. The van der Waals surface area contributed by atoms with Gasteiger partial charge in [-0.1, -0.05) is 126 Å². The summed E-state index contributed by atoms with van der Waals surface area (Å²) in [5, 5.41) is 7.91. The second-order valence-corrected chi connectivity index (χ2v) is 18.1. The summed E-state index contributed by atoms with van der Waals surface area (Å²) in [6.07, 6.45) is 0. The van der Waals surface area contributed by atoms with Crippen LogP contribution in [0.4, 0.5) is 11.4 Å². The largest absolute Gasteiger partial charge is 0.376 e. The Morgan fingerprint density at radius 3 is 2.04 bits per heavy atom. The van der Waals surface area contributed by atoms with E-state index in [1.54, 1.807) is 0 Å². The summed E-state index contributed by atoms with van der Waals surface area (Å²) >= 11 is 1.91. The lowest BCUT2D eigenvalue weighted by Crippen LogP contribution is -2.60. The van der Waals surface area contributed by atoms with Gasteiger partial charge in [0.15, 0.2) is 0 Å². The molecule has 0 saturated heterocycles. The predicted octanol–water partition coefficient (Wildman–Crippen LogP) is 12.1. The van der Waals surface area contributed by atoms with Crippen LogP contribution in [-0.4, -0.2) is 11.4 Å². The first kappa shape index (κ1) is 30.3. The third-order valence-corrected chi connectivity index (χ3v) is 13.0. The molecular formula is C48H39BN2S. The zero-order chi connectivity index (χ0) is 35.3. The lowest BCUT2D eigenvalue weighted by Gasteiger charge is -2.42. The maximum atomic E-state index is 2.66. The van der Waals surface area contributed by atoms with Crippen molar-refractivity contribution in [3.8, 4) is 16.8 Å². The molecule has 0 atom stereocenters. The molecule has 0 radical (unpaired) electrons. The van der Waals surface area contributed by atoms with Crippen LogP contribution in [0.3, 0.4) is 0 Å². The van der Waals surface area contributed by atoms with E-state index >= 15 is 0 Å². The number of thiophene rings is 1. The van der Waals surface area contributed by atoms with Crippen molar-refractivity contribution in [2.45, 2.75) is 52.4 Å². The van der Waals surface area contributed by atoms with Gasteiger partial charge in [0.25, 0.3) is 0 Å². The van der Waals surface area contributed by atoms with Crippen molar-refractivity contribution >= 4 is 93.2 Å². The van der Waals surface area contributed by atoms with Gasteiger partial charge in [0.05, 0.1) is 11.0 Å². The first-order valence-electron chi connectivity index (χ1n) is 18.6. The average molecular weight is 687 g/mol. The van der Waals surface area contributed by atoms with Gasteiger partial charge >= 0.3 is 6.85 Å². The highest BCUT2D eigenvalue weighted by atomic mass is 32.1. The molecule has 2 aliphatic heterocycles. The molecule has 0 fully saturated rings. The van der Waals surface area contributed by atoms with Crippen LogP contribution in [0.1, 0.15) is 52.7 Å². The van der Waals surface area contributed by atoms with Gasteiger partial charge in [-0.25, -0.2) is 0 Å². The van der Waals surface area contributed by atoms with Gasteiger partial charge in [0.1, 0.15) is 0 Å². The molecule has 0 bridgehead atoms. The molecule has 0 saturated carbocycles. The summed E-state index contributed by atoms with van der Waals surface area (Å²) in [5.74, 6) is 0. The summed E-state index contributed by atoms with van der Waals surface area (Å²) < 4.78 is 5.31. The summed E-state index contributed by atoms with van der Waals surface area (Å²) in [7, 11) is 0. The standard InChI is InChI=1S/C48H39BN2S/c1-47(2,3)29-16-19-31(20-17-29)51-40-23-15-28-11-7-8-12-32(28)44(40)35-22-21-34-36-27-43-37(33-13-9-10-14-42(33)52-43)26-41(36)50-39-24-18-30(48(4,5)6)25-38(39)49(51)45(35)46(34)50/h7-27H,1-6H3. The van der Waals surface area contributed by atoms with Crippen molar-refractivity contribution in [2.24, 2.45) is 0 Å². The summed E-state index contributed by atoms with van der Waals surface area (Å²) in [5.41, 5.74) is 14.6. The number of rotatable bonds is 1. The van der Waals surface area contributed by atoms with Crippen molar-refractivity contribution in [1.82, 2.24) is 4.57 Å². The molecule has 7 aromatic carbocycles. The first-order chi connectivity index (χ1) is 25.1. The zero-order valence-electron chi connectivity index (χ0n) is 30.5. The molecule has 4 heterocycles. The Kier molecular flexibility index (Phi) is 5.93. The van der Waals surface area contributed by atoms with Gasteiger partial charge < -0.3 is 9.38 Å². The fourth-order valence-corrected chi connectivity index (χ4v) is 10.4. The fraction of sp³-hybridized carbons (Fsp3) is 0.167. The minimum atomic E-state index is 0.00362. The third-order valence-electron chi connectivity index (χ3n) is 11.9. The highest BCUT2D eigenvalue weighted by molar-refractivity contribution is 7.25. The molecule has 0 aliphatic carbocycles. The molecular weight excluding hydrogens is 647 g/mol. The molecule has 0 N–H and O–H groups in total. The number of anilines is 2. The number of nitrogens with zero attached hydrogens (tertiary/aromatic N) is 2. The second kappa shape index (κ2) is 10.2. The average Bonchev–Trinajstić information content (AvgIpc) is 3.67. The minimum Gasteiger partial charge on any atom is -0.376 e. The summed E-state index contributed by atoms with van der Waals surface area (Å²) in [4.78, 5) is 2.66. The molecule has 0 amide bonds. The fourth-order valence-electron chi connectivity index (χ4n) is 9.25. The Labute approximate surface area is 309 Å². The van der Waals surface area contributed by atoms with E-state index in [0.717, 1.165) is 0 Å². The van der Waals surface area contributed by atoms with E-state index in [0.29, 0.717) is 0 Å². The molecule has 250 valence electrons. The third kappa shape index (κ3) is 4.02. The van der Waals surface area contributed by atoms with E-state index in [-0.39, 0.29) is 17.7 Å². The van der Waals surface area contributed by atoms with E-state index in [4.69, 9.17) is 0 Å². The van der Waals surface area contributed by atoms with Gasteiger partial charge in [-0.2, -0.15) is 0 Å². The molecule has 0 unspecified atom stereocenters. The number of hydrogen-bond acceptors (Lipinski definition) is 2. The Hall–Kier alpha value is -5.32. The van der Waals surface area contributed by atoms with Gasteiger partial charge in [-0.15, -0.1) is 11.3 Å². The van der Waals surface area contributed by atoms with Gasteiger partial charge in [-0.3, -0.25) is 0 Å². The molecule has 9 aromatic rings. The van der Waals surface area contributed by atoms with E-state index in [9.17, 15) is 0 Å². The first-order valence-corrected chi connectivity index (χ1v) is 19.4. The van der Waals surface area contributed by atoms with Gasteiger partial charge in [0.2, 0.25) is 0 Å². The van der Waals surface area contributed by atoms with Crippen molar-refractivity contribution in [3.05, 3.63) is 139 Å². The molecule has 2 aromatic heterocycles. The maximum absolute atomic E-state index is 2.66. The molecule has 11 rings (SSSR count). The van der Waals surface area contributed by atoms with Crippen molar-refractivity contribution in [1.29, 1.82) is 0 Å². The van der Waals surface area contributed by atoms with Crippen LogP contribution in [0.2, 0.25) is 0 Å². The number of aromatic nitrogens is 1. The maximum Gasteiger partial charge on any atom is 0.333 e. The Morgan fingerprint density at radius 1 is 0.538 bits per heavy atom. The number of benzene rings is 7. The molecule has 4 heteroatoms. The Balaban J connectivity index is 1.32. The zero-order valence-corrected chi connectivity index (χ0v) is 31.3. The van der Waals surface area contributed by atoms with E-state index in [1.165, 1.54) is 103 Å². The van der Waals surface area contributed by atoms with Gasteiger partial charge in [-0.05, 0) is 91.7 Å². The van der Waals surface area contributed by atoms with Crippen LogP contribution in [0, 0.1) is 0 Å².